The van der Waals surface area contributed by atoms with Gasteiger partial charge in [0.25, 0.3) is 0 Å². The lowest BCUT2D eigenvalue weighted by atomic mass is 11.6. The molecule has 0 radical (unpaired) electrons. The smallest absolute Gasteiger partial charge is 0.379 e. The Morgan fingerprint density at radius 1 is 1.43 bits per heavy atom. The summed E-state index contributed by atoms with van der Waals surface area (Å²) in [6.07, 6.45) is 0. The van der Waals surface area contributed by atoms with E-state index in [4.69, 9.17) is 10.1 Å². The van der Waals surface area contributed by atoms with Crippen LogP contribution in [0, 0.1) is 4.91 Å². The number of nitrogens with zero attached hydrogens (tertiary/aromatic N) is 1. The van der Waals surface area contributed by atoms with Crippen molar-refractivity contribution in [1.29, 1.82) is 0 Å². The highest BCUT2D eigenvalue weighted by molar-refractivity contribution is 3.84. The Morgan fingerprint density at radius 2 is 1.43 bits per heavy atom. The van der Waals surface area contributed by atoms with E-state index >= 15 is 0 Å². The van der Waals surface area contributed by atoms with Crippen molar-refractivity contribution in [2.75, 3.05) is 0 Å². The minimum Gasteiger partial charge on any atom is -0.379 e. The third-order valence-corrected chi connectivity index (χ3v) is 0. The van der Waals surface area contributed by atoms with Gasteiger partial charge in [-0.25, -0.2) is 0 Å². The molecule has 3 nitrogen and oxygen atoms in total. The zero-order chi connectivity index (χ0) is 6.28. The molecule has 0 rings (SSSR count). The summed E-state index contributed by atoms with van der Waals surface area (Å²) in [7, 11) is 0. The highest BCUT2D eigenvalue weighted by Crippen LogP contribution is 1.87. The van der Waals surface area contributed by atoms with E-state index in [0.29, 0.717) is 0 Å². The van der Waals surface area contributed by atoms with Crippen LogP contribution in [0.15, 0.2) is 5.34 Å². The summed E-state index contributed by atoms with van der Waals surface area (Å²) in [5, 5.41) is 7.89. The Morgan fingerprint density at radius 3 is 1.43 bits per heavy atom. The first-order chi connectivity index (χ1) is 3.15. The van der Waals surface area contributed by atoms with E-state index in [1.165, 1.54) is 5.34 Å². The second-order valence-corrected chi connectivity index (χ2v) is 0.329. The van der Waals surface area contributed by atoms with E-state index in [0.717, 1.165) is 0 Å². The molecule has 0 aromatic rings. The summed E-state index contributed by atoms with van der Waals surface area (Å²) in [4.78, 5) is 8.11. The Kier molecular flexibility index (Phi) is 12.1. The van der Waals surface area contributed by atoms with Crippen molar-refractivity contribution in [3.63, 3.8) is 0 Å². The van der Waals surface area contributed by atoms with Crippen molar-refractivity contribution in [2.24, 2.45) is 5.34 Å². The van der Waals surface area contributed by atoms with E-state index in [-0.39, 0.29) is 0 Å². The molecule has 0 unspecified atom stereocenters. The number of alkyl halides is 3. The summed E-state index contributed by atoms with van der Waals surface area (Å²) in [5.41, 5.74) is 0. The molecule has 7 heavy (non-hydrogen) atoms. The maximum atomic E-state index is 9.67. The van der Waals surface area contributed by atoms with Crippen molar-refractivity contribution in [3.8, 4) is 0 Å². The molecule has 0 aromatic carbocycles. The number of rotatable bonds is 0. The molecule has 0 aliphatic heterocycles. The van der Waals surface area contributed by atoms with Crippen molar-refractivity contribution in [2.45, 2.75) is 6.68 Å². The summed E-state index contributed by atoms with van der Waals surface area (Å²) < 4.78 is 29.0. The third-order valence-electron chi connectivity index (χ3n) is 0. The molecule has 0 saturated carbocycles. The Hall–Kier alpha value is -0.810. The Labute approximate surface area is 36.7 Å². The molecule has 0 heterocycles. The molecule has 6 heteroatoms. The highest BCUT2D eigenvalue weighted by atomic mass is 19.4. The van der Waals surface area contributed by atoms with Crippen LogP contribution in [0.5, 0.6) is 0 Å². The van der Waals surface area contributed by atoms with Gasteiger partial charge in [0.05, 0.1) is 0 Å². The lowest BCUT2D eigenvalue weighted by Gasteiger charge is -1.65. The zero-order valence-corrected chi connectivity index (χ0v) is 3.01. The first-order valence-corrected chi connectivity index (χ1v) is 1.04. The monoisotopic (exact) mass is 117 g/mol. The molecule has 0 bridgehead atoms. The Balaban J connectivity index is 0. The Bertz CT molecular complexity index is 37.2. The fourth-order valence-electron chi connectivity index (χ4n) is 0. The average Bonchev–Trinajstić information content (AvgIpc) is 1.33. The summed E-state index contributed by atoms with van der Waals surface area (Å²) in [6, 6.07) is 0. The molecule has 0 aliphatic carbocycles. The average molecular weight is 117 g/mol. The van der Waals surface area contributed by atoms with Crippen LogP contribution in [0.2, 0.25) is 0 Å². The molecule has 0 aliphatic rings. The first-order valence-electron chi connectivity index (χ1n) is 1.04. The first kappa shape index (κ1) is 9.50. The maximum absolute atomic E-state index is 9.67. The van der Waals surface area contributed by atoms with Gasteiger partial charge in [0.2, 0.25) is 0 Å². The van der Waals surface area contributed by atoms with Gasteiger partial charge in [0.1, 0.15) is 0 Å². The minimum atomic E-state index is -3.67. The number of hydrogen-bond donors (Lipinski definition) is 1. The summed E-state index contributed by atoms with van der Waals surface area (Å²) in [5.74, 6) is 0. The number of halogens is 3. The largest absolute Gasteiger partial charge is 0.379 e. The second kappa shape index (κ2) is 8.95. The van der Waals surface area contributed by atoms with Crippen molar-refractivity contribution < 1.29 is 18.4 Å². The van der Waals surface area contributed by atoms with Crippen LogP contribution in [-0.2, 0) is 0 Å². The normalized spacial score (nSPS) is 6.86. The number of hydrogen-bond acceptors (Lipinski definition) is 2. The SMILES string of the molecule is FC(F)F.O=NO. The van der Waals surface area contributed by atoms with E-state index in [1.807, 2.05) is 0 Å². The zero-order valence-electron chi connectivity index (χ0n) is 3.01. The fraction of sp³-hybridized carbons (Fsp3) is 1.00. The van der Waals surface area contributed by atoms with Crippen LogP contribution >= 0.6 is 0 Å². The highest BCUT2D eigenvalue weighted by Gasteiger charge is 1.86. The lowest BCUT2D eigenvalue weighted by Crippen LogP contribution is -1.65. The predicted octanol–water partition coefficient (Wildman–Crippen LogP) is 1.32. The molecule has 0 saturated heterocycles. The molecule has 1 N–H and O–H groups in total. The topological polar surface area (TPSA) is 49.7 Å². The van der Waals surface area contributed by atoms with E-state index < -0.39 is 6.68 Å². The fourth-order valence-corrected chi connectivity index (χ4v) is 0. The third kappa shape index (κ3) is 80.5. The standard InChI is InChI=1S/CHF3.HNO2/c2-1(3)4;2-1-3/h1H;(H,2,3). The van der Waals surface area contributed by atoms with Crippen LogP contribution in [0.4, 0.5) is 13.2 Å². The van der Waals surface area contributed by atoms with Gasteiger partial charge >= 0.3 is 6.68 Å². The van der Waals surface area contributed by atoms with E-state index in [9.17, 15) is 13.2 Å². The van der Waals surface area contributed by atoms with E-state index in [1.54, 1.807) is 0 Å². The van der Waals surface area contributed by atoms with Crippen molar-refractivity contribution >= 4 is 0 Å². The van der Waals surface area contributed by atoms with Crippen LogP contribution in [0.3, 0.4) is 0 Å². The van der Waals surface area contributed by atoms with Gasteiger partial charge in [-0.2, -0.15) is 13.2 Å². The van der Waals surface area contributed by atoms with Gasteiger partial charge in [-0.05, 0) is 0 Å². The molecule has 0 amide bonds. The van der Waals surface area contributed by atoms with E-state index in [2.05, 4.69) is 0 Å². The molecular formula is CH2F3NO2. The van der Waals surface area contributed by atoms with Crippen LogP contribution < -0.4 is 0 Å². The maximum Gasteiger partial charge on any atom is 0.379 e. The second-order valence-electron chi connectivity index (χ2n) is 0.329. The van der Waals surface area contributed by atoms with Crippen molar-refractivity contribution in [3.05, 3.63) is 4.91 Å². The predicted molar refractivity (Wildman–Crippen MR) is 14.7 cm³/mol. The molecule has 0 atom stereocenters. The van der Waals surface area contributed by atoms with Gasteiger partial charge in [0.15, 0.2) is 5.34 Å². The van der Waals surface area contributed by atoms with Gasteiger partial charge in [-0.3, -0.25) is 0 Å². The van der Waals surface area contributed by atoms with Crippen molar-refractivity contribution in [1.82, 2.24) is 0 Å². The quantitative estimate of drug-likeness (QED) is 0.384. The molecular weight excluding hydrogens is 115 g/mol. The molecule has 0 aromatic heterocycles. The summed E-state index contributed by atoms with van der Waals surface area (Å²) in [6.45, 7) is -3.67. The summed E-state index contributed by atoms with van der Waals surface area (Å²) >= 11 is 0. The van der Waals surface area contributed by atoms with Gasteiger partial charge in [0, 0.05) is 0 Å². The molecule has 0 fully saturated rings. The van der Waals surface area contributed by atoms with Crippen LogP contribution in [0.1, 0.15) is 0 Å². The molecule has 0 spiro atoms. The van der Waals surface area contributed by atoms with Gasteiger partial charge in [-0.1, -0.05) is 0 Å². The lowest BCUT2D eigenvalue weighted by molar-refractivity contribution is 0.00819. The molecule has 44 valence electrons. The van der Waals surface area contributed by atoms with Gasteiger partial charge < -0.3 is 5.21 Å². The van der Waals surface area contributed by atoms with Crippen LogP contribution in [-0.4, -0.2) is 11.9 Å². The van der Waals surface area contributed by atoms with Crippen LogP contribution in [0.25, 0.3) is 0 Å². The van der Waals surface area contributed by atoms with Gasteiger partial charge in [-0.15, -0.1) is 4.91 Å². The minimum absolute atomic E-state index is 1.25.